The second kappa shape index (κ2) is 14.8. The predicted molar refractivity (Wildman–Crippen MR) is 156 cm³/mol. The highest BCUT2D eigenvalue weighted by Gasteiger charge is 2.40. The molecule has 0 saturated carbocycles. The van der Waals surface area contributed by atoms with Crippen LogP contribution in [0.15, 0.2) is 47.7 Å². The lowest BCUT2D eigenvalue weighted by atomic mass is 10.2. The molecule has 0 radical (unpaired) electrons. The zero-order chi connectivity index (χ0) is 35.2. The molecule has 0 spiro atoms. The van der Waals surface area contributed by atoms with E-state index in [4.69, 9.17) is 9.47 Å². The fraction of sp³-hybridized carbons (Fsp3) is 0.448. The van der Waals surface area contributed by atoms with Gasteiger partial charge in [-0.25, -0.2) is 19.4 Å². The maximum atomic E-state index is 14.0. The summed E-state index contributed by atoms with van der Waals surface area (Å²) < 4.78 is 91.4. The maximum absolute atomic E-state index is 14.0. The lowest BCUT2D eigenvalue weighted by molar-refractivity contribution is -0.141. The Kier molecular flexibility index (Phi) is 11.0. The average Bonchev–Trinajstić information content (AvgIpc) is 3.03. The number of carbonyl (C=O) groups excluding carboxylic acids is 1. The number of benzene rings is 1. The van der Waals surface area contributed by atoms with Crippen molar-refractivity contribution in [1.82, 2.24) is 29.5 Å². The molecule has 1 aromatic carbocycles. The van der Waals surface area contributed by atoms with Crippen LogP contribution in [0.5, 0.6) is 11.5 Å². The number of anilines is 1. The van der Waals surface area contributed by atoms with Gasteiger partial charge in [-0.3, -0.25) is 9.59 Å². The Labute approximate surface area is 269 Å². The van der Waals surface area contributed by atoms with E-state index in [1.165, 1.54) is 18.9 Å². The molecule has 0 bridgehead atoms. The van der Waals surface area contributed by atoms with E-state index in [1.54, 1.807) is 29.2 Å². The highest BCUT2D eigenvalue weighted by atomic mass is 19.4. The summed E-state index contributed by atoms with van der Waals surface area (Å²) in [7, 11) is 1.45. The number of alkyl halides is 6. The summed E-state index contributed by atoms with van der Waals surface area (Å²) in [6.07, 6.45) is -10.5. The standard InChI is InChI=1S/C29H31F6N7O6/c1-18(48-22-15-38-42(25(44)24(22)29(33,34)35)17-19-3-5-21(47-2)6-4-19)16-41(27(45)46)8-7-23(43)39-9-11-40(12-10-39)26-36-13-20(14-37-26)28(30,31)32/h3-6,13-15,18H,7-12,16-17H2,1-2H3,(H,45,46). The van der Waals surface area contributed by atoms with Crippen LogP contribution < -0.4 is 19.9 Å². The van der Waals surface area contributed by atoms with Gasteiger partial charge in [0.15, 0.2) is 11.3 Å². The first-order chi connectivity index (χ1) is 22.6. The van der Waals surface area contributed by atoms with Gasteiger partial charge in [-0.2, -0.15) is 31.4 Å². The van der Waals surface area contributed by atoms with E-state index in [0.29, 0.717) is 28.4 Å². The fourth-order valence-corrected chi connectivity index (χ4v) is 4.85. The fourth-order valence-electron chi connectivity index (χ4n) is 4.85. The number of halogens is 6. The van der Waals surface area contributed by atoms with Gasteiger partial charge in [0.25, 0.3) is 5.56 Å². The lowest BCUT2D eigenvalue weighted by Gasteiger charge is -2.35. The Morgan fingerprint density at radius 3 is 2.15 bits per heavy atom. The summed E-state index contributed by atoms with van der Waals surface area (Å²) in [6.45, 7) is 1.09. The van der Waals surface area contributed by atoms with E-state index < -0.39 is 59.4 Å². The molecule has 19 heteroatoms. The van der Waals surface area contributed by atoms with Crippen LogP contribution in [0.1, 0.15) is 30.0 Å². The van der Waals surface area contributed by atoms with Gasteiger partial charge in [-0.05, 0) is 24.6 Å². The van der Waals surface area contributed by atoms with Crippen molar-refractivity contribution in [2.75, 3.05) is 51.3 Å². The van der Waals surface area contributed by atoms with Crippen LogP contribution >= 0.6 is 0 Å². The first kappa shape index (κ1) is 35.7. The minimum atomic E-state index is -5.11. The number of aromatic nitrogens is 4. The Balaban J connectivity index is 1.34. The number of hydrogen-bond donors (Lipinski definition) is 1. The molecule has 48 heavy (non-hydrogen) atoms. The quantitative estimate of drug-likeness (QED) is 0.297. The van der Waals surface area contributed by atoms with E-state index in [0.717, 1.165) is 11.1 Å². The van der Waals surface area contributed by atoms with Gasteiger partial charge in [0, 0.05) is 51.5 Å². The molecule has 1 unspecified atom stereocenters. The van der Waals surface area contributed by atoms with Crippen molar-refractivity contribution in [3.63, 3.8) is 0 Å². The molecular formula is C29H31F6N7O6. The third kappa shape index (κ3) is 9.03. The summed E-state index contributed by atoms with van der Waals surface area (Å²) in [4.78, 5) is 48.9. The highest BCUT2D eigenvalue weighted by Crippen LogP contribution is 2.34. The SMILES string of the molecule is COc1ccc(Cn2ncc(OC(C)CN(CCC(=O)N3CCN(c4ncc(C(F)(F)F)cn4)CC3)C(=O)O)c(C(F)(F)F)c2=O)cc1. The summed E-state index contributed by atoms with van der Waals surface area (Å²) in [5, 5.41) is 13.5. The first-order valence-electron chi connectivity index (χ1n) is 14.4. The number of ether oxygens (including phenoxy) is 2. The summed E-state index contributed by atoms with van der Waals surface area (Å²) in [6, 6.07) is 6.29. The molecule has 1 saturated heterocycles. The molecule has 0 aliphatic carbocycles. The Bertz CT molecular complexity index is 1630. The van der Waals surface area contributed by atoms with Crippen LogP contribution in [0.3, 0.4) is 0 Å². The van der Waals surface area contributed by atoms with Crippen LogP contribution in [-0.4, -0.2) is 99.1 Å². The Morgan fingerprint density at radius 2 is 1.60 bits per heavy atom. The van der Waals surface area contributed by atoms with Crippen LogP contribution in [0.2, 0.25) is 0 Å². The van der Waals surface area contributed by atoms with Crippen LogP contribution in [0, 0.1) is 0 Å². The van der Waals surface area contributed by atoms with Gasteiger partial charge in [0.05, 0.1) is 32.0 Å². The van der Waals surface area contributed by atoms with Gasteiger partial charge in [0.1, 0.15) is 11.9 Å². The molecule has 1 N–H and O–H groups in total. The molecule has 4 rings (SSSR count). The molecule has 2 aromatic heterocycles. The van der Waals surface area contributed by atoms with E-state index in [1.807, 2.05) is 0 Å². The van der Waals surface area contributed by atoms with Crippen molar-refractivity contribution in [2.45, 2.75) is 38.3 Å². The summed E-state index contributed by atoms with van der Waals surface area (Å²) in [5.74, 6) is -0.700. The van der Waals surface area contributed by atoms with Crippen LogP contribution in [-0.2, 0) is 23.7 Å². The third-order valence-corrected chi connectivity index (χ3v) is 7.34. The molecule has 3 heterocycles. The molecule has 1 aliphatic heterocycles. The van der Waals surface area contributed by atoms with Gasteiger partial charge in [-0.15, -0.1) is 0 Å². The number of amides is 2. The van der Waals surface area contributed by atoms with E-state index >= 15 is 0 Å². The van der Waals surface area contributed by atoms with Crippen molar-refractivity contribution in [1.29, 1.82) is 0 Å². The molecule has 1 atom stereocenters. The zero-order valence-corrected chi connectivity index (χ0v) is 25.7. The molecule has 260 valence electrons. The van der Waals surface area contributed by atoms with Crippen molar-refractivity contribution in [3.8, 4) is 11.5 Å². The molecule has 2 amide bonds. The lowest BCUT2D eigenvalue weighted by Crippen LogP contribution is -2.50. The number of nitrogens with zero attached hydrogens (tertiary/aromatic N) is 7. The molecule has 1 fully saturated rings. The van der Waals surface area contributed by atoms with Crippen molar-refractivity contribution in [2.24, 2.45) is 0 Å². The van der Waals surface area contributed by atoms with Crippen LogP contribution in [0.25, 0.3) is 0 Å². The van der Waals surface area contributed by atoms with E-state index in [9.17, 15) is 45.8 Å². The first-order valence-corrected chi connectivity index (χ1v) is 14.4. The van der Waals surface area contributed by atoms with Crippen LogP contribution in [0.4, 0.5) is 37.1 Å². The topological polar surface area (TPSA) is 143 Å². The average molecular weight is 688 g/mol. The number of piperazine rings is 1. The Hall–Kier alpha value is -5.10. The van der Waals surface area contributed by atoms with Crippen molar-refractivity contribution in [3.05, 3.63) is 69.9 Å². The van der Waals surface area contributed by atoms with Crippen molar-refractivity contribution >= 4 is 17.9 Å². The zero-order valence-electron chi connectivity index (χ0n) is 25.7. The number of methoxy groups -OCH3 is 1. The molecule has 1 aliphatic rings. The molecule has 3 aromatic rings. The number of hydrogen-bond acceptors (Lipinski definition) is 9. The summed E-state index contributed by atoms with van der Waals surface area (Å²) >= 11 is 0. The highest BCUT2D eigenvalue weighted by molar-refractivity contribution is 5.77. The monoisotopic (exact) mass is 687 g/mol. The summed E-state index contributed by atoms with van der Waals surface area (Å²) in [5.41, 5.74) is -3.56. The third-order valence-electron chi connectivity index (χ3n) is 7.34. The van der Waals surface area contributed by atoms with E-state index in [2.05, 4.69) is 15.1 Å². The normalized spacial score (nSPS) is 14.4. The second-order valence-electron chi connectivity index (χ2n) is 10.7. The molecule has 13 nitrogen and oxygen atoms in total. The predicted octanol–water partition coefficient (Wildman–Crippen LogP) is 3.61. The van der Waals surface area contributed by atoms with Gasteiger partial charge in [0.2, 0.25) is 11.9 Å². The van der Waals surface area contributed by atoms with Gasteiger partial charge < -0.3 is 29.3 Å². The second-order valence-corrected chi connectivity index (χ2v) is 10.7. The van der Waals surface area contributed by atoms with Gasteiger partial charge >= 0.3 is 18.4 Å². The minimum Gasteiger partial charge on any atom is -0.497 e. The van der Waals surface area contributed by atoms with Gasteiger partial charge in [-0.1, -0.05) is 12.1 Å². The van der Waals surface area contributed by atoms with E-state index in [-0.39, 0.29) is 51.6 Å². The molecular weight excluding hydrogens is 656 g/mol. The number of carbonyl (C=O) groups is 2. The van der Waals surface area contributed by atoms with Crippen molar-refractivity contribution < 1.29 is 50.5 Å². The smallest absolute Gasteiger partial charge is 0.425 e. The largest absolute Gasteiger partial charge is 0.497 e. The Morgan fingerprint density at radius 1 is 0.979 bits per heavy atom. The maximum Gasteiger partial charge on any atom is 0.425 e. The minimum absolute atomic E-state index is 0.0691. The number of rotatable bonds is 11. The number of carboxylic acid groups (broad SMARTS) is 1.